The number of hydrogen-bond acceptors (Lipinski definition) is 7. The number of ether oxygens (including phenoxy) is 1. The number of carbonyl (C=O) groups is 1. The maximum absolute atomic E-state index is 11.4. The second-order valence-corrected chi connectivity index (χ2v) is 4.33. The molecular formula is C10H12N4O3S. The molecule has 2 aromatic heterocycles. The van der Waals surface area contributed by atoms with Gasteiger partial charge in [-0.25, -0.2) is 4.79 Å². The van der Waals surface area contributed by atoms with Gasteiger partial charge in [0.2, 0.25) is 0 Å². The summed E-state index contributed by atoms with van der Waals surface area (Å²) < 4.78 is 11.8. The van der Waals surface area contributed by atoms with Crippen molar-refractivity contribution < 1.29 is 13.9 Å². The maximum Gasteiger partial charge on any atom is 0.360 e. The van der Waals surface area contributed by atoms with Crippen LogP contribution in [0.4, 0.5) is 0 Å². The number of aryl methyl sites for hydroxylation is 1. The first-order chi connectivity index (χ1) is 8.61. The SMILES string of the molecule is CCOC(=O)c1coc(Sc2nnc(C)n2C)n1. The maximum atomic E-state index is 11.4. The standard InChI is InChI=1S/C10H12N4O3S/c1-4-16-8(15)7-5-17-10(11-7)18-9-13-12-6(2)14(9)3/h5H,4H2,1-3H3. The van der Waals surface area contributed by atoms with Crippen LogP contribution in [0.3, 0.4) is 0 Å². The van der Waals surface area contributed by atoms with Gasteiger partial charge in [0, 0.05) is 18.8 Å². The van der Waals surface area contributed by atoms with E-state index < -0.39 is 5.97 Å². The summed E-state index contributed by atoms with van der Waals surface area (Å²) in [6.45, 7) is 3.88. The van der Waals surface area contributed by atoms with Crippen molar-refractivity contribution in [1.82, 2.24) is 19.7 Å². The molecule has 0 unspecified atom stereocenters. The van der Waals surface area contributed by atoms with E-state index in [1.165, 1.54) is 18.0 Å². The summed E-state index contributed by atoms with van der Waals surface area (Å²) in [5.74, 6) is 0.289. The molecule has 0 saturated carbocycles. The van der Waals surface area contributed by atoms with E-state index in [4.69, 9.17) is 9.15 Å². The molecule has 0 amide bonds. The highest BCUT2D eigenvalue weighted by Gasteiger charge is 2.16. The minimum absolute atomic E-state index is 0.151. The Morgan fingerprint density at radius 2 is 2.33 bits per heavy atom. The summed E-state index contributed by atoms with van der Waals surface area (Å²) in [5, 5.41) is 8.85. The van der Waals surface area contributed by atoms with E-state index in [-0.39, 0.29) is 5.69 Å². The molecule has 0 atom stereocenters. The molecule has 18 heavy (non-hydrogen) atoms. The predicted molar refractivity (Wildman–Crippen MR) is 62.3 cm³/mol. The van der Waals surface area contributed by atoms with E-state index in [1.54, 1.807) is 11.5 Å². The number of oxazole rings is 1. The van der Waals surface area contributed by atoms with Crippen molar-refractivity contribution in [2.75, 3.05) is 6.61 Å². The molecule has 2 aromatic rings. The van der Waals surface area contributed by atoms with Crippen molar-refractivity contribution >= 4 is 17.7 Å². The summed E-state index contributed by atoms with van der Waals surface area (Å²) in [5.41, 5.74) is 0.151. The molecule has 8 heteroatoms. The highest BCUT2D eigenvalue weighted by Crippen LogP contribution is 2.25. The average molecular weight is 268 g/mol. The topological polar surface area (TPSA) is 83.0 Å². The van der Waals surface area contributed by atoms with Crippen LogP contribution in [0.15, 0.2) is 21.1 Å². The lowest BCUT2D eigenvalue weighted by Gasteiger charge is -1.97. The first kappa shape index (κ1) is 12.6. The van der Waals surface area contributed by atoms with Gasteiger partial charge in [-0.15, -0.1) is 10.2 Å². The van der Waals surface area contributed by atoms with Crippen LogP contribution in [0.5, 0.6) is 0 Å². The molecule has 7 nitrogen and oxygen atoms in total. The third-order valence-electron chi connectivity index (χ3n) is 2.20. The molecule has 0 saturated heterocycles. The zero-order valence-corrected chi connectivity index (χ0v) is 11.0. The van der Waals surface area contributed by atoms with Gasteiger partial charge in [0.05, 0.1) is 6.61 Å². The molecule has 0 radical (unpaired) electrons. The van der Waals surface area contributed by atoms with Gasteiger partial charge in [-0.2, -0.15) is 4.98 Å². The fraction of sp³-hybridized carbons (Fsp3) is 0.400. The lowest BCUT2D eigenvalue weighted by molar-refractivity contribution is 0.0519. The molecule has 0 aliphatic heterocycles. The molecule has 0 aliphatic rings. The Labute approximate surface area is 108 Å². The number of aromatic nitrogens is 4. The van der Waals surface area contributed by atoms with Crippen molar-refractivity contribution in [3.8, 4) is 0 Å². The van der Waals surface area contributed by atoms with E-state index >= 15 is 0 Å². The summed E-state index contributed by atoms with van der Waals surface area (Å²) in [7, 11) is 1.84. The van der Waals surface area contributed by atoms with Gasteiger partial charge in [0.15, 0.2) is 10.9 Å². The number of nitrogens with zero attached hydrogens (tertiary/aromatic N) is 4. The van der Waals surface area contributed by atoms with Gasteiger partial charge in [-0.1, -0.05) is 0 Å². The predicted octanol–water partition coefficient (Wildman–Crippen LogP) is 1.44. The van der Waals surface area contributed by atoms with E-state index in [1.807, 2.05) is 14.0 Å². The lowest BCUT2D eigenvalue weighted by Crippen LogP contribution is -2.04. The molecule has 2 heterocycles. The third kappa shape index (κ3) is 2.53. The van der Waals surface area contributed by atoms with E-state index in [0.29, 0.717) is 17.0 Å². The Morgan fingerprint density at radius 1 is 1.56 bits per heavy atom. The molecule has 0 spiro atoms. The minimum atomic E-state index is -0.498. The Morgan fingerprint density at radius 3 is 2.94 bits per heavy atom. The van der Waals surface area contributed by atoms with Gasteiger partial charge in [0.1, 0.15) is 12.1 Å². The van der Waals surface area contributed by atoms with Crippen LogP contribution in [-0.4, -0.2) is 32.3 Å². The summed E-state index contributed by atoms with van der Waals surface area (Å²) in [4.78, 5) is 15.4. The number of rotatable bonds is 4. The largest absolute Gasteiger partial charge is 0.461 e. The van der Waals surface area contributed by atoms with E-state index in [0.717, 1.165) is 5.82 Å². The van der Waals surface area contributed by atoms with Gasteiger partial charge in [0.25, 0.3) is 5.22 Å². The Hall–Kier alpha value is -1.83. The van der Waals surface area contributed by atoms with Crippen molar-refractivity contribution in [1.29, 1.82) is 0 Å². The quantitative estimate of drug-likeness (QED) is 0.776. The normalized spacial score (nSPS) is 10.6. The van der Waals surface area contributed by atoms with Crippen LogP contribution in [0, 0.1) is 6.92 Å². The Kier molecular flexibility index (Phi) is 3.66. The van der Waals surface area contributed by atoms with Crippen molar-refractivity contribution in [2.45, 2.75) is 24.2 Å². The van der Waals surface area contributed by atoms with E-state index in [2.05, 4.69) is 15.2 Å². The molecule has 2 rings (SSSR count). The minimum Gasteiger partial charge on any atom is -0.461 e. The van der Waals surface area contributed by atoms with Crippen molar-refractivity contribution in [3.63, 3.8) is 0 Å². The Balaban J connectivity index is 2.11. The molecule has 0 aliphatic carbocycles. The van der Waals surface area contributed by atoms with E-state index in [9.17, 15) is 4.79 Å². The zero-order valence-electron chi connectivity index (χ0n) is 10.2. The number of esters is 1. The highest BCUT2D eigenvalue weighted by molar-refractivity contribution is 7.98. The van der Waals surface area contributed by atoms with Gasteiger partial charge >= 0.3 is 5.97 Å². The van der Waals surface area contributed by atoms with Crippen molar-refractivity contribution in [3.05, 3.63) is 17.8 Å². The van der Waals surface area contributed by atoms with Gasteiger partial charge < -0.3 is 13.7 Å². The van der Waals surface area contributed by atoms with Gasteiger partial charge in [-0.05, 0) is 13.8 Å². The van der Waals surface area contributed by atoms with Gasteiger partial charge in [-0.3, -0.25) is 0 Å². The Bertz CT molecular complexity index is 563. The van der Waals surface area contributed by atoms with Crippen LogP contribution in [0.25, 0.3) is 0 Å². The summed E-state index contributed by atoms with van der Waals surface area (Å²) >= 11 is 1.20. The zero-order chi connectivity index (χ0) is 13.1. The fourth-order valence-corrected chi connectivity index (χ4v) is 1.90. The molecular weight excluding hydrogens is 256 g/mol. The highest BCUT2D eigenvalue weighted by atomic mass is 32.2. The summed E-state index contributed by atoms with van der Waals surface area (Å²) in [6.07, 6.45) is 1.27. The third-order valence-corrected chi connectivity index (χ3v) is 3.10. The molecule has 0 bridgehead atoms. The lowest BCUT2D eigenvalue weighted by atomic mass is 10.5. The molecule has 96 valence electrons. The number of hydrogen-bond donors (Lipinski definition) is 0. The number of carbonyl (C=O) groups excluding carboxylic acids is 1. The van der Waals surface area contributed by atoms with Crippen LogP contribution in [-0.2, 0) is 11.8 Å². The monoisotopic (exact) mass is 268 g/mol. The summed E-state index contributed by atoms with van der Waals surface area (Å²) in [6, 6.07) is 0. The van der Waals surface area contributed by atoms with Crippen LogP contribution < -0.4 is 0 Å². The smallest absolute Gasteiger partial charge is 0.360 e. The molecule has 0 fully saturated rings. The van der Waals surface area contributed by atoms with Crippen molar-refractivity contribution in [2.24, 2.45) is 7.05 Å². The second kappa shape index (κ2) is 5.21. The molecule has 0 N–H and O–H groups in total. The van der Waals surface area contributed by atoms with Crippen LogP contribution in [0.2, 0.25) is 0 Å². The second-order valence-electron chi connectivity index (χ2n) is 3.41. The fourth-order valence-electron chi connectivity index (χ4n) is 1.16. The first-order valence-corrected chi connectivity index (χ1v) is 6.10. The first-order valence-electron chi connectivity index (χ1n) is 5.28. The van der Waals surface area contributed by atoms with Crippen LogP contribution >= 0.6 is 11.8 Å². The van der Waals surface area contributed by atoms with Crippen LogP contribution in [0.1, 0.15) is 23.2 Å². The molecule has 0 aromatic carbocycles. The average Bonchev–Trinajstić information content (AvgIpc) is 2.92.